The van der Waals surface area contributed by atoms with Crippen LogP contribution in [0.15, 0.2) is 182 Å². The van der Waals surface area contributed by atoms with Crippen LogP contribution in [-0.2, 0) is 0 Å². The van der Waals surface area contributed by atoms with Gasteiger partial charge < -0.3 is 4.42 Å². The van der Waals surface area contributed by atoms with Crippen molar-refractivity contribution in [2.45, 2.75) is 203 Å². The number of benzene rings is 3. The number of para-hydroxylation sites is 3. The van der Waals surface area contributed by atoms with Crippen molar-refractivity contribution in [3.05, 3.63) is 122 Å². The van der Waals surface area contributed by atoms with Gasteiger partial charge in [0.05, 0.1) is 15.2 Å². The second-order valence-electron chi connectivity index (χ2n) is 20.1. The van der Waals surface area contributed by atoms with Crippen molar-refractivity contribution in [2.75, 3.05) is 25.1 Å². The lowest BCUT2D eigenvalue weighted by atomic mass is 10.3. The van der Waals surface area contributed by atoms with Gasteiger partial charge in [0.1, 0.15) is 28.7 Å². The van der Waals surface area contributed by atoms with Crippen LogP contribution in [0.4, 0.5) is 0 Å². The van der Waals surface area contributed by atoms with E-state index in [2.05, 4.69) is 236 Å². The molecule has 7 aromatic rings. The largest absolute Gasteiger partial charge is 0.431 e. The summed E-state index contributed by atoms with van der Waals surface area (Å²) in [5, 5.41) is 32.7. The van der Waals surface area contributed by atoms with Gasteiger partial charge in [-0.05, 0) is 87.6 Å². The summed E-state index contributed by atoms with van der Waals surface area (Å²) in [6.07, 6.45) is 7.46. The maximum Gasteiger partial charge on any atom is 0.256 e. The molecule has 0 amide bonds. The van der Waals surface area contributed by atoms with Crippen molar-refractivity contribution in [1.29, 1.82) is 0 Å². The van der Waals surface area contributed by atoms with E-state index in [-0.39, 0.29) is 0 Å². The Morgan fingerprint density at radius 3 is 1.35 bits per heavy atom. The highest BCUT2D eigenvalue weighted by Gasteiger charge is 2.09. The summed E-state index contributed by atoms with van der Waals surface area (Å²) >= 11 is 17.9. The summed E-state index contributed by atoms with van der Waals surface area (Å²) in [7, 11) is 0. The van der Waals surface area contributed by atoms with Crippen molar-refractivity contribution in [3.63, 3.8) is 0 Å². The van der Waals surface area contributed by atoms with Crippen molar-refractivity contribution >= 4 is 149 Å². The van der Waals surface area contributed by atoms with E-state index in [9.17, 15) is 0 Å². The molecule has 0 radical (unpaired) electrons. The first kappa shape index (κ1) is 80.0. The molecule has 0 unspecified atom stereocenters. The molecule has 4 aromatic heterocycles. The molecule has 22 heteroatoms. The lowest BCUT2D eigenvalue weighted by Crippen LogP contribution is -1.98. The second kappa shape index (κ2) is 49.8. The van der Waals surface area contributed by atoms with Crippen molar-refractivity contribution < 1.29 is 4.42 Å². The van der Waals surface area contributed by atoms with Crippen LogP contribution >= 0.6 is 117 Å². The number of thioether (sulfide) groups is 9. The Hall–Kier alpha value is -3.06. The third kappa shape index (κ3) is 44.9. The minimum atomic E-state index is 0.507. The molecule has 0 saturated carbocycles. The molecule has 0 N–H and O–H groups in total. The average Bonchev–Trinajstić information content (AvgIpc) is 4.39. The molecule has 0 atom stereocenters. The van der Waals surface area contributed by atoms with Gasteiger partial charge in [0.25, 0.3) is 5.22 Å². The predicted molar refractivity (Wildman–Crippen MR) is 393 cm³/mol. The smallest absolute Gasteiger partial charge is 0.256 e. The Kier molecular flexibility index (Phi) is 46.8. The molecule has 12 nitrogen and oxygen atoms in total. The molecular formula is C63H95N11OS10. The van der Waals surface area contributed by atoms with Crippen LogP contribution in [0.3, 0.4) is 0 Å². The summed E-state index contributed by atoms with van der Waals surface area (Å²) < 4.78 is 7.99. The number of aromatic nitrogens is 5. The normalized spacial score (nSPS) is 12.0. The highest BCUT2D eigenvalue weighted by Crippen LogP contribution is 2.32. The molecule has 2 aliphatic heterocycles. The maximum atomic E-state index is 5.53. The molecule has 468 valence electrons. The molecule has 0 bridgehead atoms. The standard InChI is InChI=1S/C10H11NOS.C10H11NS2.C9H12S.C8H11NS.C7H10N2S.2C5H9N3S.C5H12S.C4H10S/c1-7(2)13-10-11-8-5-3-4-6-9(8)12-10;1-7(2)12-10-11-8-5-3-4-6-9(8)13-10;1-8(2)10-9-6-4-3-5-7-9;1-7(2)10-8-5-3-4-6-9-8;1-6(2)10-7-8-4-3-5-9-7;2*1-4(2)9-5-3-6-8-7-5;1-4-6-5(2)3;1-4(2)5-3/h2*3-7H,1-2H3;3-8H,1-2H3;3-7H,1-2H3;3-6H,1-2H3;2*4H,3H2,1-2H3;5H,4H2,1-3H3;4H,1-3H3. The van der Waals surface area contributed by atoms with Gasteiger partial charge in [-0.25, -0.2) is 24.9 Å². The van der Waals surface area contributed by atoms with Crippen LogP contribution in [0.25, 0.3) is 21.3 Å². The molecule has 3 aromatic carbocycles. The number of hydrogen-bond donors (Lipinski definition) is 0. The number of oxazole rings is 1. The number of thiazole rings is 1. The summed E-state index contributed by atoms with van der Waals surface area (Å²) in [5.41, 5.74) is 2.92. The lowest BCUT2D eigenvalue weighted by Gasteiger charge is -2.02. The molecule has 6 heterocycles. The van der Waals surface area contributed by atoms with Crippen LogP contribution < -0.4 is 0 Å². The number of rotatable bonds is 15. The van der Waals surface area contributed by atoms with Gasteiger partial charge in [0.2, 0.25) is 0 Å². The fraction of sp³-hybridized carbons (Fsp3) is 0.508. The first-order chi connectivity index (χ1) is 40.5. The van der Waals surface area contributed by atoms with Gasteiger partial charge in [0, 0.05) is 60.2 Å². The summed E-state index contributed by atoms with van der Waals surface area (Å²) in [4.78, 5) is 22.6. The molecular weight excluding hydrogens is 1250 g/mol. The minimum absolute atomic E-state index is 0.507. The van der Waals surface area contributed by atoms with Gasteiger partial charge in [-0.1, -0.05) is 215 Å². The van der Waals surface area contributed by atoms with Crippen LogP contribution in [0.1, 0.15) is 132 Å². The second-order valence-corrected chi connectivity index (χ2v) is 35.9. The molecule has 0 fully saturated rings. The van der Waals surface area contributed by atoms with E-state index in [1.165, 1.54) is 19.7 Å². The van der Waals surface area contributed by atoms with Gasteiger partial charge >= 0.3 is 0 Å². The lowest BCUT2D eigenvalue weighted by molar-refractivity contribution is 0.488. The van der Waals surface area contributed by atoms with Gasteiger partial charge in [-0.3, -0.25) is 0 Å². The average molecular weight is 1340 g/mol. The molecule has 85 heavy (non-hydrogen) atoms. The number of pyridine rings is 1. The van der Waals surface area contributed by atoms with Crippen molar-refractivity contribution in [3.8, 4) is 0 Å². The Labute approximate surface area is 554 Å². The summed E-state index contributed by atoms with van der Waals surface area (Å²) in [5.74, 6) is 1.25. The van der Waals surface area contributed by atoms with Crippen LogP contribution in [-0.4, -0.2) is 107 Å². The number of fused-ring (bicyclic) bond motifs is 2. The maximum absolute atomic E-state index is 5.53. The Bertz CT molecular complexity index is 2560. The van der Waals surface area contributed by atoms with E-state index in [4.69, 9.17) is 4.42 Å². The third-order valence-electron chi connectivity index (χ3n) is 8.78. The molecule has 0 saturated heterocycles. The van der Waals surface area contributed by atoms with Crippen molar-refractivity contribution in [2.24, 2.45) is 30.9 Å². The Morgan fingerprint density at radius 1 is 0.447 bits per heavy atom. The number of nitrogens with zero attached hydrogens (tertiary/aromatic N) is 11. The summed E-state index contributed by atoms with van der Waals surface area (Å²) in [6, 6.07) is 34.4. The van der Waals surface area contributed by atoms with Crippen molar-refractivity contribution in [1.82, 2.24) is 24.9 Å². The van der Waals surface area contributed by atoms with Crippen LogP contribution in [0.5, 0.6) is 0 Å². The van der Waals surface area contributed by atoms with E-state index in [1.54, 1.807) is 82.5 Å². The Morgan fingerprint density at radius 2 is 0.929 bits per heavy atom. The third-order valence-corrected chi connectivity index (χ3v) is 18.5. The predicted octanol–water partition coefficient (Wildman–Crippen LogP) is 22.6. The fourth-order valence-electron chi connectivity index (χ4n) is 5.60. The van der Waals surface area contributed by atoms with E-state index in [1.807, 2.05) is 114 Å². The molecule has 2 aliphatic rings. The molecule has 0 spiro atoms. The monoisotopic (exact) mass is 1340 g/mol. The van der Waals surface area contributed by atoms with E-state index in [0.29, 0.717) is 49.8 Å². The SMILES string of the molecule is CC(C)SC1=NN=NC1.CC(C)SC1=NN=NC1.CC(C)Sc1ccccc1.CC(C)Sc1ccccn1.CC(C)Sc1nc2ccccc2o1.CC(C)Sc1nc2ccccc2s1.CC(C)Sc1ncccn1.CCSC(C)C.CSC(C)C. The van der Waals surface area contributed by atoms with Crippen LogP contribution in [0, 0.1) is 0 Å². The molecule has 9 rings (SSSR count). The quantitative estimate of drug-likeness (QED) is 0.0706. The zero-order valence-electron chi connectivity index (χ0n) is 53.8. The topological polar surface area (TPSA) is 152 Å². The zero-order valence-corrected chi connectivity index (χ0v) is 61.9. The number of hydrogen-bond acceptors (Lipinski definition) is 22. The highest BCUT2D eigenvalue weighted by molar-refractivity contribution is 8.14. The van der Waals surface area contributed by atoms with Gasteiger partial charge in [-0.2, -0.15) is 33.8 Å². The Balaban J connectivity index is 0.000000484. The highest BCUT2D eigenvalue weighted by atomic mass is 32.2. The van der Waals surface area contributed by atoms with E-state index < -0.39 is 0 Å². The van der Waals surface area contributed by atoms with Gasteiger partial charge in [0.15, 0.2) is 15.1 Å². The van der Waals surface area contributed by atoms with Gasteiger partial charge in [-0.15, -0.1) is 68.6 Å². The van der Waals surface area contributed by atoms with E-state index in [0.717, 1.165) is 52.6 Å². The van der Waals surface area contributed by atoms with Crippen LogP contribution in [0.2, 0.25) is 0 Å². The first-order valence-electron chi connectivity index (χ1n) is 28.6. The summed E-state index contributed by atoms with van der Waals surface area (Å²) in [6.45, 7) is 42.5. The minimum Gasteiger partial charge on any atom is -0.431 e. The fourth-order valence-corrected chi connectivity index (χ4v) is 13.1. The molecule has 0 aliphatic carbocycles. The zero-order chi connectivity index (χ0) is 63.4. The van der Waals surface area contributed by atoms with E-state index >= 15 is 0 Å². The first-order valence-corrected chi connectivity index (χ1v) is 37.9.